The minimum absolute atomic E-state index is 0.0537. The SMILES string of the molecule is CC(C)COc1ccc(/C=C2\Oc3c(ccc(O)c3O)C2=O)c(O)c1. The second-order valence-electron chi connectivity index (χ2n) is 6.18. The molecule has 0 bridgehead atoms. The number of benzene rings is 2. The Labute approximate surface area is 144 Å². The monoisotopic (exact) mass is 342 g/mol. The number of phenolic OH excluding ortho intramolecular Hbond substituents is 3. The van der Waals surface area contributed by atoms with E-state index in [1.807, 2.05) is 13.8 Å². The van der Waals surface area contributed by atoms with Crippen molar-refractivity contribution in [3.05, 3.63) is 47.2 Å². The third-order valence-electron chi connectivity index (χ3n) is 3.66. The normalized spacial score (nSPS) is 14.7. The lowest BCUT2D eigenvalue weighted by Gasteiger charge is -2.10. The van der Waals surface area contributed by atoms with E-state index in [0.29, 0.717) is 23.8 Å². The van der Waals surface area contributed by atoms with Crippen molar-refractivity contribution in [2.24, 2.45) is 5.92 Å². The van der Waals surface area contributed by atoms with Gasteiger partial charge in [-0.3, -0.25) is 4.79 Å². The summed E-state index contributed by atoms with van der Waals surface area (Å²) >= 11 is 0. The first kappa shape index (κ1) is 16.7. The molecule has 3 N–H and O–H groups in total. The van der Waals surface area contributed by atoms with Crippen molar-refractivity contribution < 1.29 is 29.6 Å². The lowest BCUT2D eigenvalue weighted by molar-refractivity contribution is 0.101. The van der Waals surface area contributed by atoms with Crippen molar-refractivity contribution >= 4 is 11.9 Å². The van der Waals surface area contributed by atoms with E-state index in [1.54, 1.807) is 12.1 Å². The molecule has 0 aromatic heterocycles. The summed E-state index contributed by atoms with van der Waals surface area (Å²) in [6, 6.07) is 7.34. The molecule has 0 amide bonds. The van der Waals surface area contributed by atoms with Crippen LogP contribution >= 0.6 is 0 Å². The van der Waals surface area contributed by atoms with Gasteiger partial charge in [-0.2, -0.15) is 0 Å². The zero-order valence-electron chi connectivity index (χ0n) is 13.8. The van der Waals surface area contributed by atoms with Crippen molar-refractivity contribution in [2.75, 3.05) is 6.61 Å². The van der Waals surface area contributed by atoms with Crippen molar-refractivity contribution in [1.29, 1.82) is 0 Å². The minimum atomic E-state index is -0.490. The fourth-order valence-electron chi connectivity index (χ4n) is 2.37. The molecule has 25 heavy (non-hydrogen) atoms. The van der Waals surface area contributed by atoms with Gasteiger partial charge < -0.3 is 24.8 Å². The fraction of sp³-hybridized carbons (Fsp3) is 0.211. The number of aromatic hydroxyl groups is 3. The van der Waals surface area contributed by atoms with Gasteiger partial charge in [-0.05, 0) is 36.3 Å². The number of ether oxygens (including phenoxy) is 2. The predicted molar refractivity (Wildman–Crippen MR) is 91.1 cm³/mol. The molecule has 2 aromatic carbocycles. The van der Waals surface area contributed by atoms with Gasteiger partial charge >= 0.3 is 0 Å². The molecule has 1 aliphatic rings. The third-order valence-corrected chi connectivity index (χ3v) is 3.66. The van der Waals surface area contributed by atoms with Crippen LogP contribution in [-0.2, 0) is 0 Å². The van der Waals surface area contributed by atoms with E-state index in [1.165, 1.54) is 24.3 Å². The average molecular weight is 342 g/mol. The Hall–Kier alpha value is -3.15. The predicted octanol–water partition coefficient (Wildman–Crippen LogP) is 3.45. The van der Waals surface area contributed by atoms with Crippen LogP contribution in [0.4, 0.5) is 0 Å². The zero-order valence-corrected chi connectivity index (χ0v) is 13.8. The Morgan fingerprint density at radius 2 is 1.88 bits per heavy atom. The van der Waals surface area contributed by atoms with Gasteiger partial charge in [-0.1, -0.05) is 13.8 Å². The van der Waals surface area contributed by atoms with Gasteiger partial charge in [0.05, 0.1) is 12.2 Å². The number of hydrogen-bond acceptors (Lipinski definition) is 6. The molecule has 0 atom stereocenters. The van der Waals surface area contributed by atoms with E-state index < -0.39 is 11.5 Å². The highest BCUT2D eigenvalue weighted by Gasteiger charge is 2.31. The second kappa shape index (κ2) is 6.39. The molecule has 0 radical (unpaired) electrons. The lowest BCUT2D eigenvalue weighted by Crippen LogP contribution is -2.04. The first-order valence-electron chi connectivity index (χ1n) is 7.82. The molecule has 0 fully saturated rings. The third kappa shape index (κ3) is 3.24. The van der Waals surface area contributed by atoms with Crippen molar-refractivity contribution in [3.8, 4) is 28.7 Å². The molecule has 6 heteroatoms. The number of ketones is 1. The van der Waals surface area contributed by atoms with E-state index >= 15 is 0 Å². The Morgan fingerprint density at radius 1 is 1.12 bits per heavy atom. The number of rotatable bonds is 4. The van der Waals surface area contributed by atoms with E-state index in [2.05, 4.69) is 0 Å². The Bertz CT molecular complexity index is 866. The number of hydrogen-bond donors (Lipinski definition) is 3. The maximum Gasteiger partial charge on any atom is 0.232 e. The van der Waals surface area contributed by atoms with Crippen molar-refractivity contribution in [2.45, 2.75) is 13.8 Å². The van der Waals surface area contributed by atoms with E-state index in [9.17, 15) is 20.1 Å². The zero-order chi connectivity index (χ0) is 18.1. The highest BCUT2D eigenvalue weighted by Crippen LogP contribution is 2.44. The molecule has 0 aliphatic carbocycles. The number of Topliss-reactive ketones (excluding diaryl/α,β-unsaturated/α-hetero) is 1. The first-order valence-corrected chi connectivity index (χ1v) is 7.82. The summed E-state index contributed by atoms with van der Waals surface area (Å²) < 4.78 is 10.9. The fourth-order valence-corrected chi connectivity index (χ4v) is 2.37. The Kier molecular flexibility index (Phi) is 4.27. The van der Waals surface area contributed by atoms with Crippen LogP contribution in [0.2, 0.25) is 0 Å². The van der Waals surface area contributed by atoms with Crippen LogP contribution in [0, 0.1) is 5.92 Å². The van der Waals surface area contributed by atoms with E-state index in [4.69, 9.17) is 9.47 Å². The number of carbonyl (C=O) groups is 1. The van der Waals surface area contributed by atoms with Crippen LogP contribution in [0.25, 0.3) is 6.08 Å². The average Bonchev–Trinajstić information content (AvgIpc) is 2.88. The summed E-state index contributed by atoms with van der Waals surface area (Å²) in [5, 5.41) is 29.4. The number of allylic oxidation sites excluding steroid dienone is 1. The Morgan fingerprint density at radius 3 is 2.56 bits per heavy atom. The summed E-state index contributed by atoms with van der Waals surface area (Å²) in [5.41, 5.74) is 0.523. The summed E-state index contributed by atoms with van der Waals surface area (Å²) in [6.45, 7) is 4.57. The van der Waals surface area contributed by atoms with E-state index in [-0.39, 0.29) is 28.6 Å². The van der Waals surface area contributed by atoms with Gasteiger partial charge in [0.15, 0.2) is 17.3 Å². The van der Waals surface area contributed by atoms with Crippen LogP contribution in [0.5, 0.6) is 28.7 Å². The second-order valence-corrected chi connectivity index (χ2v) is 6.18. The van der Waals surface area contributed by atoms with E-state index in [0.717, 1.165) is 0 Å². The van der Waals surface area contributed by atoms with Crippen LogP contribution < -0.4 is 9.47 Å². The van der Waals surface area contributed by atoms with Gasteiger partial charge in [-0.25, -0.2) is 0 Å². The standard InChI is InChI=1S/C19H18O6/c1-10(2)9-24-12-4-3-11(15(21)8-12)7-16-17(22)13-5-6-14(20)18(23)19(13)25-16/h3-8,10,20-21,23H,9H2,1-2H3/b16-7-. The number of fused-ring (bicyclic) bond motifs is 1. The smallest absolute Gasteiger partial charge is 0.232 e. The molecule has 1 aliphatic heterocycles. The van der Waals surface area contributed by atoms with Gasteiger partial charge in [0, 0.05) is 11.6 Å². The molecule has 3 rings (SSSR count). The molecule has 1 heterocycles. The molecule has 0 unspecified atom stereocenters. The van der Waals surface area contributed by atoms with Gasteiger partial charge in [-0.15, -0.1) is 0 Å². The van der Waals surface area contributed by atoms with Gasteiger partial charge in [0.1, 0.15) is 11.5 Å². The summed E-state index contributed by atoms with van der Waals surface area (Å²) in [5.74, 6) is -0.625. The molecular formula is C19H18O6. The van der Waals surface area contributed by atoms with Crippen LogP contribution in [0.3, 0.4) is 0 Å². The van der Waals surface area contributed by atoms with Crippen molar-refractivity contribution in [1.82, 2.24) is 0 Å². The van der Waals surface area contributed by atoms with Gasteiger partial charge in [0.2, 0.25) is 11.5 Å². The first-order chi connectivity index (χ1) is 11.9. The number of phenols is 3. The summed E-state index contributed by atoms with van der Waals surface area (Å²) in [6.07, 6.45) is 1.38. The maximum atomic E-state index is 12.3. The van der Waals surface area contributed by atoms with Crippen LogP contribution in [0.15, 0.2) is 36.1 Å². The molecule has 2 aromatic rings. The molecule has 130 valence electrons. The summed E-state index contributed by atoms with van der Waals surface area (Å²) in [4.78, 5) is 12.3. The number of carbonyl (C=O) groups excluding carboxylic acids is 1. The topological polar surface area (TPSA) is 96.2 Å². The molecule has 6 nitrogen and oxygen atoms in total. The van der Waals surface area contributed by atoms with Gasteiger partial charge in [0.25, 0.3) is 0 Å². The van der Waals surface area contributed by atoms with Crippen LogP contribution in [0.1, 0.15) is 29.8 Å². The van der Waals surface area contributed by atoms with Crippen LogP contribution in [-0.4, -0.2) is 27.7 Å². The Balaban J connectivity index is 1.87. The highest BCUT2D eigenvalue weighted by atomic mass is 16.5. The highest BCUT2D eigenvalue weighted by molar-refractivity contribution is 6.15. The molecular weight excluding hydrogens is 324 g/mol. The molecule has 0 saturated carbocycles. The largest absolute Gasteiger partial charge is 0.507 e. The summed E-state index contributed by atoms with van der Waals surface area (Å²) in [7, 11) is 0. The maximum absolute atomic E-state index is 12.3. The molecule has 0 saturated heterocycles. The minimum Gasteiger partial charge on any atom is -0.507 e. The van der Waals surface area contributed by atoms with Crippen molar-refractivity contribution in [3.63, 3.8) is 0 Å². The lowest BCUT2D eigenvalue weighted by atomic mass is 10.1. The molecule has 0 spiro atoms. The quantitative estimate of drug-likeness (QED) is 0.582.